The lowest BCUT2D eigenvalue weighted by Gasteiger charge is -2.40. The molecule has 7 heteroatoms. The van der Waals surface area contributed by atoms with Gasteiger partial charge in [0, 0.05) is 38.8 Å². The summed E-state index contributed by atoms with van der Waals surface area (Å²) in [5.74, 6) is 0. The summed E-state index contributed by atoms with van der Waals surface area (Å²) >= 11 is 0. The summed E-state index contributed by atoms with van der Waals surface area (Å²) < 4.78 is 10.2. The average molecular weight is 1160 g/mol. The van der Waals surface area contributed by atoms with Crippen LogP contribution in [0.3, 0.4) is 0 Å². The molecular weight excluding hydrogens is 1050 g/mol. The van der Waals surface area contributed by atoms with Gasteiger partial charge in [0.2, 0.25) is 0 Å². The third kappa shape index (κ3) is 16.1. The zero-order valence-electron chi connectivity index (χ0n) is 51.9. The van der Waals surface area contributed by atoms with E-state index in [4.69, 9.17) is 4.42 Å². The van der Waals surface area contributed by atoms with E-state index in [0.717, 1.165) is 17.7 Å². The van der Waals surface area contributed by atoms with Gasteiger partial charge in [-0.1, -0.05) is 381 Å². The van der Waals surface area contributed by atoms with Crippen molar-refractivity contribution in [1.29, 1.82) is 0 Å². The van der Waals surface area contributed by atoms with Gasteiger partial charge in [0.15, 0.2) is 0 Å². The Balaban J connectivity index is 1.53. The molecule has 0 amide bonds. The molecule has 0 aliphatic heterocycles. The minimum absolute atomic E-state index is 0.840. The number of para-hydroxylation sites is 2. The Morgan fingerprint density at radius 3 is 1.01 bits per heavy atom. The fourth-order valence-electron chi connectivity index (χ4n) is 13.6. The van der Waals surface area contributed by atoms with Crippen molar-refractivity contribution in [2.45, 2.75) is 239 Å². The van der Waals surface area contributed by atoms with Crippen molar-refractivity contribution in [3.05, 3.63) is 151 Å². The van der Waals surface area contributed by atoms with Crippen molar-refractivity contribution in [2.75, 3.05) is 0 Å². The molecule has 1 aromatic heterocycles. The summed E-state index contributed by atoms with van der Waals surface area (Å²) in [7, 11) is -7.47. The van der Waals surface area contributed by atoms with Crippen LogP contribution in [-0.2, 0) is 6.54 Å². The summed E-state index contributed by atoms with van der Waals surface area (Å²) in [5, 5.41) is 13.3. The maximum absolute atomic E-state index is 7.20. The van der Waals surface area contributed by atoms with Gasteiger partial charge in [0.1, 0.15) is 11.2 Å². The highest BCUT2D eigenvalue weighted by Crippen LogP contribution is 2.56. The Morgan fingerprint density at radius 2 is 0.650 bits per heavy atom. The molecule has 1 unspecified atom stereocenters. The topological polar surface area (TPSA) is 16.4 Å². The minimum atomic E-state index is -1.76. The van der Waals surface area contributed by atoms with Crippen molar-refractivity contribution < 1.29 is 4.42 Å². The maximum Gasteiger partial charge on any atom is 0.144 e. The highest BCUT2D eigenvalue weighted by Gasteiger charge is 2.39. The first-order chi connectivity index (χ1) is 39.2. The Bertz CT molecular complexity index is 2690. The number of hydrogen-bond donors (Lipinski definition) is 0. The van der Waals surface area contributed by atoms with Crippen molar-refractivity contribution in [2.24, 2.45) is 0 Å². The van der Waals surface area contributed by atoms with Gasteiger partial charge in [0.05, 0.1) is 24.2 Å². The van der Waals surface area contributed by atoms with Gasteiger partial charge in [-0.15, -0.1) is 0 Å². The van der Waals surface area contributed by atoms with Crippen LogP contribution in [-0.4, -0.2) is 28.7 Å². The van der Waals surface area contributed by atoms with Gasteiger partial charge in [-0.2, -0.15) is 0 Å². The van der Waals surface area contributed by atoms with Crippen LogP contribution in [0.15, 0.2) is 150 Å². The van der Waals surface area contributed by atoms with Crippen molar-refractivity contribution in [3.8, 4) is 0 Å². The van der Waals surface area contributed by atoms with Gasteiger partial charge < -0.3 is 4.42 Å². The molecule has 6 aromatic carbocycles. The molecule has 0 fully saturated rings. The molecule has 0 aliphatic rings. The van der Waals surface area contributed by atoms with E-state index in [-0.39, 0.29) is 0 Å². The second kappa shape index (κ2) is 33.2. The van der Waals surface area contributed by atoms with Gasteiger partial charge in [-0.05, 0) is 33.6 Å². The summed E-state index contributed by atoms with van der Waals surface area (Å²) in [5.41, 5.74) is 3.40. The van der Waals surface area contributed by atoms with E-state index >= 15 is 0 Å². The molecule has 0 radical (unpaired) electrons. The lowest BCUT2D eigenvalue weighted by molar-refractivity contribution is 0.670. The maximum atomic E-state index is 7.20. The SMILES string of the molecule is CCCC[Si](CCCC)(CCCC)c1ccc(P(c2ccc([Si](CCCC)(CCCC)CCCC)cc2)N(Cc2ccccc2)P(c2ccc([Si](CCCC)(CCCC)CCCC)cc2)c2cccc3c2oc2ccccc23)cc1. The lowest BCUT2D eigenvalue weighted by Crippen LogP contribution is -2.48. The fraction of sp³-hybridized carbons (Fsp3) is 0.507. The summed E-state index contributed by atoms with van der Waals surface area (Å²) in [6, 6.07) is 72.1. The smallest absolute Gasteiger partial charge is 0.144 e. The van der Waals surface area contributed by atoms with E-state index in [1.807, 2.05) is 0 Å². The van der Waals surface area contributed by atoms with Gasteiger partial charge in [-0.25, -0.2) is 4.44 Å². The number of nitrogens with zero attached hydrogens (tertiary/aromatic N) is 1. The van der Waals surface area contributed by atoms with Crippen LogP contribution in [0.4, 0.5) is 0 Å². The highest BCUT2D eigenvalue weighted by atomic mass is 31.2. The molecule has 0 spiro atoms. The number of unbranched alkanes of at least 4 members (excludes halogenated alkanes) is 9. The minimum Gasteiger partial charge on any atom is -0.455 e. The Morgan fingerprint density at radius 1 is 0.325 bits per heavy atom. The Hall–Kier alpha value is -3.41. The van der Waals surface area contributed by atoms with E-state index in [2.05, 4.69) is 212 Å². The molecule has 1 atom stereocenters. The van der Waals surface area contributed by atoms with Gasteiger partial charge in [-0.3, -0.25) is 0 Å². The molecule has 432 valence electrons. The van der Waals surface area contributed by atoms with E-state index in [1.54, 1.807) is 15.6 Å². The van der Waals surface area contributed by atoms with Crippen LogP contribution in [0, 0.1) is 0 Å². The van der Waals surface area contributed by atoms with Gasteiger partial charge in [0.25, 0.3) is 0 Å². The number of rotatable bonds is 38. The third-order valence-electron chi connectivity index (χ3n) is 18.5. The van der Waals surface area contributed by atoms with Crippen molar-refractivity contribution >= 4 is 99.1 Å². The molecule has 1 heterocycles. The molecule has 7 aromatic rings. The monoisotopic (exact) mass is 1160 g/mol. The first-order valence-corrected chi connectivity index (χ1v) is 43.3. The second-order valence-corrected chi connectivity index (χ2v) is 42.8. The first kappa shape index (κ1) is 64.2. The highest BCUT2D eigenvalue weighted by molar-refractivity contribution is 7.84. The summed E-state index contributed by atoms with van der Waals surface area (Å²) in [4.78, 5) is 0. The third-order valence-corrected chi connectivity index (χ3v) is 40.4. The summed E-state index contributed by atoms with van der Waals surface area (Å²) in [6.07, 6.45) is 23.6. The standard InChI is InChI=1S/C73H107NOP2Si3/c1-10-19-52-78(53-20-11-2,54-21-12-3)66-46-40-63(41-47-66)76(64-42-48-67(49-43-64)79(55-22-13-4,56-23-14-5)57-24-15-6)74(61-62-34-29-28-30-35-62)77(72-39-33-37-70-69-36-31-32-38-71(69)75-73(70)72)65-44-50-68(51-45-65)80(58-25-16-7,59-26-17-8)60-27-18-9/h28-51H,10-27,52-61H2,1-9H3. The number of hydrogen-bond acceptors (Lipinski definition) is 2. The Kier molecular flexibility index (Phi) is 26.6. The normalized spacial score (nSPS) is 12.9. The van der Waals surface area contributed by atoms with E-state index < -0.39 is 40.4 Å². The lowest BCUT2D eigenvalue weighted by atomic mass is 10.1. The van der Waals surface area contributed by atoms with Gasteiger partial charge >= 0.3 is 0 Å². The van der Waals surface area contributed by atoms with E-state index in [9.17, 15) is 0 Å². The number of furan rings is 1. The average Bonchev–Trinajstić information content (AvgIpc) is 3.96. The molecule has 7 rings (SSSR count). The molecule has 0 bridgehead atoms. The first-order valence-electron chi connectivity index (χ1n) is 32.9. The molecule has 0 N–H and O–H groups in total. The number of fused-ring (bicyclic) bond motifs is 3. The van der Waals surface area contributed by atoms with Crippen LogP contribution in [0.2, 0.25) is 54.4 Å². The van der Waals surface area contributed by atoms with Crippen molar-refractivity contribution in [3.63, 3.8) is 0 Å². The van der Waals surface area contributed by atoms with Crippen LogP contribution < -0.4 is 36.8 Å². The molecular formula is C73H107NOP2Si3. The van der Waals surface area contributed by atoms with Crippen LogP contribution in [0.25, 0.3) is 21.9 Å². The Labute approximate surface area is 494 Å². The molecule has 80 heavy (non-hydrogen) atoms. The van der Waals surface area contributed by atoms with Crippen molar-refractivity contribution in [1.82, 2.24) is 4.44 Å². The van der Waals surface area contributed by atoms with E-state index in [0.29, 0.717) is 0 Å². The quantitative estimate of drug-likeness (QED) is 0.0283. The number of benzene rings is 6. The zero-order valence-corrected chi connectivity index (χ0v) is 56.7. The predicted molar refractivity (Wildman–Crippen MR) is 371 cm³/mol. The predicted octanol–water partition coefficient (Wildman–Crippen LogP) is 20.7. The van der Waals surface area contributed by atoms with Crippen LogP contribution in [0.1, 0.15) is 183 Å². The zero-order chi connectivity index (χ0) is 56.6. The summed E-state index contributed by atoms with van der Waals surface area (Å²) in [6.45, 7) is 22.5. The largest absolute Gasteiger partial charge is 0.455 e. The molecule has 0 saturated carbocycles. The van der Waals surface area contributed by atoms with Crippen LogP contribution >= 0.6 is 16.1 Å². The molecule has 2 nitrogen and oxygen atoms in total. The fourth-order valence-corrected chi connectivity index (χ4v) is 36.4. The molecule has 0 aliphatic carbocycles. The molecule has 0 saturated heterocycles. The van der Waals surface area contributed by atoms with E-state index in [1.165, 1.54) is 208 Å². The van der Waals surface area contributed by atoms with Crippen LogP contribution in [0.5, 0.6) is 0 Å². The second-order valence-electron chi connectivity index (χ2n) is 24.3.